The van der Waals surface area contributed by atoms with Crippen molar-refractivity contribution in [3.05, 3.63) is 0 Å². The monoisotopic (exact) mass is 115 g/mol. The van der Waals surface area contributed by atoms with Crippen LogP contribution in [0.4, 0.5) is 0 Å². The summed E-state index contributed by atoms with van der Waals surface area (Å²) in [4.78, 5) is 10.2. The van der Waals surface area contributed by atoms with Crippen LogP contribution in [0.1, 0.15) is 20.3 Å². The zero-order valence-corrected chi connectivity index (χ0v) is 5.01. The van der Waals surface area contributed by atoms with E-state index in [1.165, 1.54) is 6.92 Å². The Morgan fingerprint density at radius 3 is 2.25 bits per heavy atom. The van der Waals surface area contributed by atoms with Gasteiger partial charge in [0.1, 0.15) is 5.78 Å². The molecule has 3 heteroatoms. The summed E-state index contributed by atoms with van der Waals surface area (Å²) in [5, 5.41) is 10.8. The lowest BCUT2D eigenvalue weighted by Gasteiger charge is -1.88. The van der Waals surface area contributed by atoms with Crippen LogP contribution in [0, 0.1) is 0 Å². The molecule has 0 heterocycles. The highest BCUT2D eigenvalue weighted by molar-refractivity contribution is 5.99. The SMILES string of the molecule is CC(=O)C/C(C)=N\O. The Balaban J connectivity index is 3.56. The Morgan fingerprint density at radius 1 is 1.62 bits per heavy atom. The predicted octanol–water partition coefficient (Wildman–Crippen LogP) is 0.816. The molecule has 0 aromatic heterocycles. The summed E-state index contributed by atoms with van der Waals surface area (Å²) in [7, 11) is 0. The molecule has 0 fully saturated rings. The van der Waals surface area contributed by atoms with Gasteiger partial charge in [0, 0.05) is 6.42 Å². The third-order valence-corrected chi connectivity index (χ3v) is 0.675. The lowest BCUT2D eigenvalue weighted by atomic mass is 10.2. The summed E-state index contributed by atoms with van der Waals surface area (Å²) >= 11 is 0. The van der Waals surface area contributed by atoms with E-state index in [0.29, 0.717) is 5.71 Å². The van der Waals surface area contributed by atoms with Crippen molar-refractivity contribution >= 4 is 11.5 Å². The van der Waals surface area contributed by atoms with Crippen molar-refractivity contribution < 1.29 is 10.0 Å². The fraction of sp³-hybridized carbons (Fsp3) is 0.600. The van der Waals surface area contributed by atoms with Gasteiger partial charge in [-0.1, -0.05) is 5.16 Å². The average molecular weight is 115 g/mol. The van der Waals surface area contributed by atoms with Gasteiger partial charge in [-0.3, -0.25) is 4.79 Å². The average Bonchev–Trinajstić information content (AvgIpc) is 1.65. The zero-order valence-electron chi connectivity index (χ0n) is 5.01. The molecule has 0 aromatic rings. The molecule has 0 spiro atoms. The summed E-state index contributed by atoms with van der Waals surface area (Å²) in [5.41, 5.74) is 0.456. The molecular formula is C5H9NO2. The quantitative estimate of drug-likeness (QED) is 0.329. The van der Waals surface area contributed by atoms with Gasteiger partial charge in [-0.25, -0.2) is 0 Å². The summed E-state index contributed by atoms with van der Waals surface area (Å²) < 4.78 is 0. The van der Waals surface area contributed by atoms with E-state index in [4.69, 9.17) is 5.21 Å². The molecule has 3 nitrogen and oxygen atoms in total. The van der Waals surface area contributed by atoms with Gasteiger partial charge in [0.05, 0.1) is 5.71 Å². The van der Waals surface area contributed by atoms with E-state index >= 15 is 0 Å². The molecule has 0 bridgehead atoms. The van der Waals surface area contributed by atoms with E-state index in [-0.39, 0.29) is 12.2 Å². The second kappa shape index (κ2) is 3.18. The molecule has 0 radical (unpaired) electrons. The van der Waals surface area contributed by atoms with Crippen molar-refractivity contribution in [2.45, 2.75) is 20.3 Å². The van der Waals surface area contributed by atoms with Crippen LogP contribution in [0.25, 0.3) is 0 Å². The molecule has 0 saturated carbocycles. The third-order valence-electron chi connectivity index (χ3n) is 0.675. The molecule has 0 amide bonds. The third kappa shape index (κ3) is 3.33. The zero-order chi connectivity index (χ0) is 6.57. The number of ketones is 1. The predicted molar refractivity (Wildman–Crippen MR) is 30.2 cm³/mol. The first kappa shape index (κ1) is 7.14. The number of oxime groups is 1. The van der Waals surface area contributed by atoms with Gasteiger partial charge in [-0.05, 0) is 13.8 Å². The van der Waals surface area contributed by atoms with Crippen molar-refractivity contribution in [2.24, 2.45) is 5.16 Å². The first-order chi connectivity index (χ1) is 3.66. The Kier molecular flexibility index (Phi) is 2.84. The van der Waals surface area contributed by atoms with Gasteiger partial charge < -0.3 is 5.21 Å². The van der Waals surface area contributed by atoms with E-state index in [1.807, 2.05) is 0 Å². The van der Waals surface area contributed by atoms with Crippen molar-refractivity contribution in [2.75, 3.05) is 0 Å². The summed E-state index contributed by atoms with van der Waals surface area (Å²) in [5.74, 6) is 0.0142. The maximum atomic E-state index is 10.2. The minimum atomic E-state index is 0.0142. The lowest BCUT2D eigenvalue weighted by molar-refractivity contribution is -0.115. The molecule has 0 unspecified atom stereocenters. The molecular weight excluding hydrogens is 106 g/mol. The van der Waals surface area contributed by atoms with Gasteiger partial charge in [-0.15, -0.1) is 0 Å². The van der Waals surface area contributed by atoms with Crippen molar-refractivity contribution in [1.29, 1.82) is 0 Å². The van der Waals surface area contributed by atoms with Crippen LogP contribution < -0.4 is 0 Å². The molecule has 46 valence electrons. The van der Waals surface area contributed by atoms with Crippen molar-refractivity contribution in [3.8, 4) is 0 Å². The van der Waals surface area contributed by atoms with Crippen LogP contribution in [0.5, 0.6) is 0 Å². The summed E-state index contributed by atoms with van der Waals surface area (Å²) in [6, 6.07) is 0. The van der Waals surface area contributed by atoms with Crippen molar-refractivity contribution in [1.82, 2.24) is 0 Å². The van der Waals surface area contributed by atoms with Crippen LogP contribution in [0.2, 0.25) is 0 Å². The molecule has 0 aliphatic heterocycles. The number of nitrogens with zero attached hydrogens (tertiary/aromatic N) is 1. The number of carbonyl (C=O) groups excluding carboxylic acids is 1. The molecule has 0 saturated heterocycles. The molecule has 1 N–H and O–H groups in total. The van der Waals surface area contributed by atoms with E-state index in [9.17, 15) is 4.79 Å². The second-order valence-corrected chi connectivity index (χ2v) is 1.71. The van der Waals surface area contributed by atoms with Crippen LogP contribution in [0.3, 0.4) is 0 Å². The Hall–Kier alpha value is -0.860. The highest BCUT2D eigenvalue weighted by Gasteiger charge is 1.94. The molecule has 0 aromatic carbocycles. The number of carbonyl (C=O) groups is 1. The van der Waals surface area contributed by atoms with E-state index in [0.717, 1.165) is 0 Å². The van der Waals surface area contributed by atoms with Gasteiger partial charge in [0.25, 0.3) is 0 Å². The first-order valence-corrected chi connectivity index (χ1v) is 2.33. The Bertz CT molecular complexity index is 118. The maximum Gasteiger partial charge on any atom is 0.135 e. The van der Waals surface area contributed by atoms with Gasteiger partial charge in [-0.2, -0.15) is 0 Å². The highest BCUT2D eigenvalue weighted by Crippen LogP contribution is 1.84. The Morgan fingerprint density at radius 2 is 2.12 bits per heavy atom. The number of rotatable bonds is 2. The van der Waals surface area contributed by atoms with Gasteiger partial charge in [0.15, 0.2) is 0 Å². The molecule has 0 aliphatic rings. The topological polar surface area (TPSA) is 49.7 Å². The minimum absolute atomic E-state index is 0.0142. The van der Waals surface area contributed by atoms with Crippen LogP contribution in [-0.2, 0) is 4.79 Å². The first-order valence-electron chi connectivity index (χ1n) is 2.33. The fourth-order valence-electron chi connectivity index (χ4n) is 0.396. The van der Waals surface area contributed by atoms with Crippen LogP contribution in [0.15, 0.2) is 5.16 Å². The van der Waals surface area contributed by atoms with E-state index < -0.39 is 0 Å². The largest absolute Gasteiger partial charge is 0.411 e. The fourth-order valence-corrected chi connectivity index (χ4v) is 0.396. The second-order valence-electron chi connectivity index (χ2n) is 1.71. The standard InChI is InChI=1S/C5H9NO2/c1-4(6-8)3-5(2)7/h8H,3H2,1-2H3/b6-4-. The molecule has 0 aliphatic carbocycles. The van der Waals surface area contributed by atoms with Gasteiger partial charge in [0.2, 0.25) is 0 Å². The highest BCUT2D eigenvalue weighted by atomic mass is 16.4. The van der Waals surface area contributed by atoms with E-state index in [1.54, 1.807) is 6.92 Å². The normalized spacial score (nSPS) is 11.5. The van der Waals surface area contributed by atoms with Crippen LogP contribution >= 0.6 is 0 Å². The number of Topliss-reactive ketones (excluding diaryl/α,β-unsaturated/α-hetero) is 1. The van der Waals surface area contributed by atoms with Gasteiger partial charge >= 0.3 is 0 Å². The summed E-state index contributed by atoms with van der Waals surface area (Å²) in [6.07, 6.45) is 0.247. The smallest absolute Gasteiger partial charge is 0.135 e. The summed E-state index contributed by atoms with van der Waals surface area (Å²) in [6.45, 7) is 3.05. The molecule has 8 heavy (non-hydrogen) atoms. The Labute approximate surface area is 48.0 Å². The van der Waals surface area contributed by atoms with Crippen molar-refractivity contribution in [3.63, 3.8) is 0 Å². The van der Waals surface area contributed by atoms with Crippen LogP contribution in [-0.4, -0.2) is 16.7 Å². The number of hydrogen-bond donors (Lipinski definition) is 1. The minimum Gasteiger partial charge on any atom is -0.411 e. The number of hydrogen-bond acceptors (Lipinski definition) is 3. The maximum absolute atomic E-state index is 10.2. The van der Waals surface area contributed by atoms with E-state index in [2.05, 4.69) is 5.16 Å². The molecule has 0 atom stereocenters. The lowest BCUT2D eigenvalue weighted by Crippen LogP contribution is -1.98. The molecule has 0 rings (SSSR count).